The minimum Gasteiger partial charge on any atom is -0.469 e. The van der Waals surface area contributed by atoms with Gasteiger partial charge in [-0.3, -0.25) is 4.68 Å². The van der Waals surface area contributed by atoms with Gasteiger partial charge < -0.3 is 9.73 Å². The molecule has 4 nitrogen and oxygen atoms in total. The summed E-state index contributed by atoms with van der Waals surface area (Å²) in [4.78, 5) is 0. The first-order chi connectivity index (χ1) is 10.2. The Balaban J connectivity index is 2.23. The maximum absolute atomic E-state index is 5.61. The lowest BCUT2D eigenvalue weighted by Crippen LogP contribution is -2.25. The number of nitrogens with one attached hydrogen (secondary N) is 1. The Morgan fingerprint density at radius 2 is 2.14 bits per heavy atom. The van der Waals surface area contributed by atoms with Crippen LogP contribution in [0.25, 0.3) is 0 Å². The van der Waals surface area contributed by atoms with E-state index >= 15 is 0 Å². The third kappa shape index (κ3) is 3.76. The monoisotopic (exact) mass is 289 g/mol. The van der Waals surface area contributed by atoms with Crippen molar-refractivity contribution in [3.8, 4) is 0 Å². The molecule has 2 heterocycles. The van der Waals surface area contributed by atoms with Gasteiger partial charge in [0.1, 0.15) is 5.76 Å². The maximum atomic E-state index is 5.61. The molecule has 1 N–H and O–H groups in total. The zero-order valence-corrected chi connectivity index (χ0v) is 13.6. The Kier molecular flexibility index (Phi) is 5.62. The highest BCUT2D eigenvalue weighted by molar-refractivity contribution is 5.24. The Morgan fingerprint density at radius 1 is 1.33 bits per heavy atom. The number of hydrogen-bond donors (Lipinski definition) is 1. The smallest absolute Gasteiger partial charge is 0.108 e. The van der Waals surface area contributed by atoms with Crippen LogP contribution in [0.1, 0.15) is 55.9 Å². The summed E-state index contributed by atoms with van der Waals surface area (Å²) in [5.74, 6) is 1.09. The molecule has 4 heteroatoms. The summed E-state index contributed by atoms with van der Waals surface area (Å²) in [6.45, 7) is 10.5. The second kappa shape index (κ2) is 7.46. The third-order valence-electron chi connectivity index (χ3n) is 3.82. The third-order valence-corrected chi connectivity index (χ3v) is 3.82. The Hall–Kier alpha value is -1.55. The summed E-state index contributed by atoms with van der Waals surface area (Å²) < 4.78 is 7.71. The normalized spacial score (nSPS) is 12.8. The standard InChI is InChI=1S/C17H27N3O/c1-5-9-18-16(15-8-10-21-17(15)6-2)12-14-11-13(4)19-20(14)7-3/h8,10-11,16,18H,5-7,9,12H2,1-4H3. The molecule has 0 aliphatic rings. The quantitative estimate of drug-likeness (QED) is 0.806. The van der Waals surface area contributed by atoms with E-state index in [1.807, 2.05) is 0 Å². The number of rotatable bonds is 8. The van der Waals surface area contributed by atoms with Crippen molar-refractivity contribution in [2.24, 2.45) is 0 Å². The Labute approximate surface area is 127 Å². The summed E-state index contributed by atoms with van der Waals surface area (Å²) in [6, 6.07) is 4.58. The van der Waals surface area contributed by atoms with Gasteiger partial charge in [-0.25, -0.2) is 0 Å². The zero-order valence-electron chi connectivity index (χ0n) is 13.6. The van der Waals surface area contributed by atoms with Gasteiger partial charge in [0.25, 0.3) is 0 Å². The fourth-order valence-electron chi connectivity index (χ4n) is 2.81. The van der Waals surface area contributed by atoms with Crippen LogP contribution in [-0.2, 0) is 19.4 Å². The molecule has 2 aromatic heterocycles. The molecule has 116 valence electrons. The lowest BCUT2D eigenvalue weighted by Gasteiger charge is -2.19. The van der Waals surface area contributed by atoms with Crippen molar-refractivity contribution in [1.29, 1.82) is 0 Å². The van der Waals surface area contributed by atoms with E-state index in [9.17, 15) is 0 Å². The average Bonchev–Trinajstić information content (AvgIpc) is 3.09. The van der Waals surface area contributed by atoms with E-state index in [1.165, 1.54) is 11.3 Å². The van der Waals surface area contributed by atoms with Crippen LogP contribution in [0.2, 0.25) is 0 Å². The molecule has 2 rings (SSSR count). The minimum atomic E-state index is 0.292. The maximum Gasteiger partial charge on any atom is 0.108 e. The van der Waals surface area contributed by atoms with E-state index in [0.29, 0.717) is 6.04 Å². The molecular weight excluding hydrogens is 262 g/mol. The van der Waals surface area contributed by atoms with Gasteiger partial charge in [0.15, 0.2) is 0 Å². The van der Waals surface area contributed by atoms with Crippen molar-refractivity contribution in [1.82, 2.24) is 15.1 Å². The highest BCUT2D eigenvalue weighted by atomic mass is 16.3. The highest BCUT2D eigenvalue weighted by Gasteiger charge is 2.19. The summed E-state index contributed by atoms with van der Waals surface area (Å²) in [6.07, 6.45) is 4.80. The van der Waals surface area contributed by atoms with Crippen LogP contribution >= 0.6 is 0 Å². The number of hydrogen-bond acceptors (Lipinski definition) is 3. The fourth-order valence-corrected chi connectivity index (χ4v) is 2.81. The number of nitrogens with zero attached hydrogens (tertiary/aromatic N) is 2. The second-order valence-corrected chi connectivity index (χ2v) is 5.46. The van der Waals surface area contributed by atoms with Crippen LogP contribution in [0, 0.1) is 6.92 Å². The molecule has 0 amide bonds. The molecule has 21 heavy (non-hydrogen) atoms. The van der Waals surface area contributed by atoms with Gasteiger partial charge in [-0.1, -0.05) is 13.8 Å². The molecule has 0 aliphatic heterocycles. The summed E-state index contributed by atoms with van der Waals surface area (Å²) in [7, 11) is 0. The van der Waals surface area contributed by atoms with E-state index < -0.39 is 0 Å². The second-order valence-electron chi connectivity index (χ2n) is 5.46. The van der Waals surface area contributed by atoms with Crippen LogP contribution in [0.5, 0.6) is 0 Å². The van der Waals surface area contributed by atoms with Crippen LogP contribution in [0.15, 0.2) is 22.8 Å². The van der Waals surface area contributed by atoms with E-state index in [0.717, 1.165) is 43.8 Å². The first-order valence-corrected chi connectivity index (χ1v) is 8.02. The van der Waals surface area contributed by atoms with Gasteiger partial charge in [-0.2, -0.15) is 5.10 Å². The molecule has 2 aromatic rings. The van der Waals surface area contributed by atoms with Gasteiger partial charge in [0, 0.05) is 36.7 Å². The number of aryl methyl sites for hydroxylation is 3. The van der Waals surface area contributed by atoms with Gasteiger partial charge in [0.2, 0.25) is 0 Å². The van der Waals surface area contributed by atoms with Gasteiger partial charge >= 0.3 is 0 Å². The van der Waals surface area contributed by atoms with Crippen LogP contribution in [0.4, 0.5) is 0 Å². The van der Waals surface area contributed by atoms with Gasteiger partial charge in [-0.15, -0.1) is 0 Å². The molecule has 1 atom stereocenters. The molecule has 0 saturated carbocycles. The molecule has 0 bridgehead atoms. The summed E-state index contributed by atoms with van der Waals surface area (Å²) >= 11 is 0. The molecule has 0 radical (unpaired) electrons. The molecular formula is C17H27N3O. The minimum absolute atomic E-state index is 0.292. The van der Waals surface area contributed by atoms with Crippen LogP contribution < -0.4 is 5.32 Å². The Morgan fingerprint density at radius 3 is 2.81 bits per heavy atom. The predicted molar refractivity (Wildman–Crippen MR) is 85.5 cm³/mol. The predicted octanol–water partition coefficient (Wildman–Crippen LogP) is 3.65. The summed E-state index contributed by atoms with van der Waals surface area (Å²) in [5.41, 5.74) is 3.66. The van der Waals surface area contributed by atoms with Gasteiger partial charge in [-0.05, 0) is 38.9 Å². The first-order valence-electron chi connectivity index (χ1n) is 8.02. The van der Waals surface area contributed by atoms with Crippen molar-refractivity contribution in [3.63, 3.8) is 0 Å². The SMILES string of the molecule is CCCNC(Cc1cc(C)nn1CC)c1ccoc1CC. The van der Waals surface area contributed by atoms with Crippen LogP contribution in [-0.4, -0.2) is 16.3 Å². The molecule has 0 spiro atoms. The van der Waals surface area contributed by atoms with Crippen molar-refractivity contribution in [2.45, 2.75) is 59.5 Å². The molecule has 0 fully saturated rings. The van der Waals surface area contributed by atoms with Crippen molar-refractivity contribution >= 4 is 0 Å². The van der Waals surface area contributed by atoms with E-state index in [1.54, 1.807) is 6.26 Å². The fraction of sp³-hybridized carbons (Fsp3) is 0.588. The van der Waals surface area contributed by atoms with Crippen LogP contribution in [0.3, 0.4) is 0 Å². The van der Waals surface area contributed by atoms with Crippen molar-refractivity contribution in [2.75, 3.05) is 6.54 Å². The Bertz CT molecular complexity index is 556. The average molecular weight is 289 g/mol. The molecule has 1 unspecified atom stereocenters. The van der Waals surface area contributed by atoms with Crippen molar-refractivity contribution < 1.29 is 4.42 Å². The lowest BCUT2D eigenvalue weighted by atomic mass is 10.0. The molecule has 0 aromatic carbocycles. The van der Waals surface area contributed by atoms with Crippen molar-refractivity contribution in [3.05, 3.63) is 41.1 Å². The number of aromatic nitrogens is 2. The number of furan rings is 1. The lowest BCUT2D eigenvalue weighted by molar-refractivity contribution is 0.471. The van der Waals surface area contributed by atoms with Gasteiger partial charge in [0.05, 0.1) is 12.0 Å². The molecule has 0 saturated heterocycles. The zero-order chi connectivity index (χ0) is 15.2. The molecule has 0 aliphatic carbocycles. The van der Waals surface area contributed by atoms with E-state index in [4.69, 9.17) is 4.42 Å². The van der Waals surface area contributed by atoms with E-state index in [-0.39, 0.29) is 0 Å². The largest absolute Gasteiger partial charge is 0.469 e. The summed E-state index contributed by atoms with van der Waals surface area (Å²) in [5, 5.41) is 8.21. The first kappa shape index (κ1) is 15.8. The topological polar surface area (TPSA) is 43.0 Å². The van der Waals surface area contributed by atoms with E-state index in [2.05, 4.69) is 54.9 Å². The highest BCUT2D eigenvalue weighted by Crippen LogP contribution is 2.24.